The van der Waals surface area contributed by atoms with E-state index in [9.17, 15) is 4.79 Å². The number of fused-ring (bicyclic) bond motifs is 2. The zero-order valence-electron chi connectivity index (χ0n) is 16.0. The first kappa shape index (κ1) is 18.3. The molecule has 0 atom stereocenters. The molecule has 0 aliphatic carbocycles. The van der Waals surface area contributed by atoms with E-state index in [0.29, 0.717) is 24.7 Å². The van der Waals surface area contributed by atoms with Crippen molar-refractivity contribution >= 4 is 54.1 Å². The summed E-state index contributed by atoms with van der Waals surface area (Å²) in [6.07, 6.45) is 0. The van der Waals surface area contributed by atoms with Crippen molar-refractivity contribution < 1.29 is 9.53 Å². The van der Waals surface area contributed by atoms with Crippen LogP contribution in [-0.2, 0) is 0 Å². The van der Waals surface area contributed by atoms with Crippen LogP contribution in [0.2, 0.25) is 0 Å². The van der Waals surface area contributed by atoms with E-state index in [2.05, 4.69) is 9.88 Å². The second-order valence-electron chi connectivity index (χ2n) is 6.82. The maximum Gasteiger partial charge on any atom is 0.282 e. The van der Waals surface area contributed by atoms with Crippen LogP contribution < -0.4 is 9.64 Å². The maximum atomic E-state index is 12.9. The molecule has 0 saturated carbocycles. The lowest BCUT2D eigenvalue weighted by Crippen LogP contribution is -2.48. The Balaban J connectivity index is 1.28. The Hall–Kier alpha value is -2.71. The standard InChI is InChI=1S/C21H20N4O2S2/c1-2-27-14-7-8-16-18(13-14)29-21(23-16)25-11-9-24(10-12-25)20(26)19-22-15-5-3-4-6-17(15)28-19/h3-8,13H,2,9-12H2,1H3. The summed E-state index contributed by atoms with van der Waals surface area (Å²) in [7, 11) is 0. The number of hydrogen-bond acceptors (Lipinski definition) is 7. The summed E-state index contributed by atoms with van der Waals surface area (Å²) in [5.74, 6) is 0.901. The van der Waals surface area contributed by atoms with Crippen LogP contribution in [0.15, 0.2) is 42.5 Å². The highest BCUT2D eigenvalue weighted by Crippen LogP contribution is 2.32. The number of thiazole rings is 2. The number of benzene rings is 2. The number of nitrogens with zero attached hydrogens (tertiary/aromatic N) is 4. The Morgan fingerprint density at radius 1 is 1.00 bits per heavy atom. The van der Waals surface area contributed by atoms with Crippen LogP contribution >= 0.6 is 22.7 Å². The number of carbonyl (C=O) groups excluding carboxylic acids is 1. The molecule has 1 amide bonds. The van der Waals surface area contributed by atoms with Crippen molar-refractivity contribution in [3.05, 3.63) is 47.5 Å². The number of hydrogen-bond donors (Lipinski definition) is 0. The monoisotopic (exact) mass is 424 g/mol. The van der Waals surface area contributed by atoms with Crippen molar-refractivity contribution in [1.82, 2.24) is 14.9 Å². The highest BCUT2D eigenvalue weighted by molar-refractivity contribution is 7.22. The molecule has 1 aliphatic rings. The van der Waals surface area contributed by atoms with Gasteiger partial charge in [0, 0.05) is 26.2 Å². The fraction of sp³-hybridized carbons (Fsp3) is 0.286. The van der Waals surface area contributed by atoms with Crippen LogP contribution in [0.3, 0.4) is 0 Å². The molecule has 4 aromatic rings. The molecular weight excluding hydrogens is 404 g/mol. The Morgan fingerprint density at radius 2 is 1.79 bits per heavy atom. The van der Waals surface area contributed by atoms with Gasteiger partial charge >= 0.3 is 0 Å². The van der Waals surface area contributed by atoms with Gasteiger partial charge in [-0.15, -0.1) is 11.3 Å². The number of ether oxygens (including phenoxy) is 1. The smallest absolute Gasteiger partial charge is 0.282 e. The molecule has 2 aromatic heterocycles. The molecule has 1 aliphatic heterocycles. The van der Waals surface area contributed by atoms with Crippen molar-refractivity contribution in [3.63, 3.8) is 0 Å². The number of piperazine rings is 1. The zero-order valence-corrected chi connectivity index (χ0v) is 17.6. The Labute approximate surface area is 176 Å². The molecule has 8 heteroatoms. The molecule has 1 fully saturated rings. The van der Waals surface area contributed by atoms with E-state index in [0.717, 1.165) is 44.4 Å². The van der Waals surface area contributed by atoms with Gasteiger partial charge < -0.3 is 14.5 Å². The first-order valence-corrected chi connectivity index (χ1v) is 11.3. The largest absolute Gasteiger partial charge is 0.494 e. The van der Waals surface area contributed by atoms with E-state index in [1.807, 2.05) is 54.3 Å². The third-order valence-corrected chi connectivity index (χ3v) is 7.08. The Morgan fingerprint density at radius 3 is 2.59 bits per heavy atom. The lowest BCUT2D eigenvalue weighted by molar-refractivity contribution is 0.0746. The van der Waals surface area contributed by atoms with E-state index in [1.54, 1.807) is 11.3 Å². The summed E-state index contributed by atoms with van der Waals surface area (Å²) in [5, 5.41) is 1.57. The van der Waals surface area contributed by atoms with Crippen LogP contribution in [0.5, 0.6) is 5.75 Å². The molecule has 2 aromatic carbocycles. The molecule has 29 heavy (non-hydrogen) atoms. The predicted molar refractivity (Wildman–Crippen MR) is 119 cm³/mol. The average Bonchev–Trinajstić information content (AvgIpc) is 3.37. The topological polar surface area (TPSA) is 58.6 Å². The van der Waals surface area contributed by atoms with Crippen LogP contribution in [0.1, 0.15) is 16.7 Å². The molecule has 148 valence electrons. The average molecular weight is 425 g/mol. The number of rotatable bonds is 4. The molecule has 0 spiro atoms. The number of aromatic nitrogens is 2. The molecule has 0 radical (unpaired) electrons. The number of amides is 1. The van der Waals surface area contributed by atoms with Crippen LogP contribution in [0.25, 0.3) is 20.4 Å². The van der Waals surface area contributed by atoms with Gasteiger partial charge in [-0.3, -0.25) is 4.79 Å². The van der Waals surface area contributed by atoms with E-state index in [4.69, 9.17) is 9.72 Å². The fourth-order valence-electron chi connectivity index (χ4n) is 3.48. The highest BCUT2D eigenvalue weighted by atomic mass is 32.1. The highest BCUT2D eigenvalue weighted by Gasteiger charge is 2.26. The first-order chi connectivity index (χ1) is 14.2. The van der Waals surface area contributed by atoms with E-state index in [1.165, 1.54) is 11.3 Å². The van der Waals surface area contributed by atoms with Crippen LogP contribution in [0, 0.1) is 0 Å². The van der Waals surface area contributed by atoms with E-state index < -0.39 is 0 Å². The molecule has 5 rings (SSSR count). The summed E-state index contributed by atoms with van der Waals surface area (Å²) in [6, 6.07) is 13.9. The van der Waals surface area contributed by atoms with Crippen LogP contribution in [-0.4, -0.2) is 53.6 Å². The normalized spacial score (nSPS) is 14.7. The van der Waals surface area contributed by atoms with Gasteiger partial charge in [-0.25, -0.2) is 9.97 Å². The Bertz CT molecular complexity index is 1140. The lowest BCUT2D eigenvalue weighted by Gasteiger charge is -2.34. The third-order valence-electron chi connectivity index (χ3n) is 4.97. The maximum absolute atomic E-state index is 12.9. The van der Waals surface area contributed by atoms with Crippen molar-refractivity contribution in [2.45, 2.75) is 6.92 Å². The molecule has 1 saturated heterocycles. The second-order valence-corrected chi connectivity index (χ2v) is 8.86. The number of anilines is 1. The summed E-state index contributed by atoms with van der Waals surface area (Å²) in [4.78, 5) is 26.3. The second kappa shape index (κ2) is 7.61. The quantitative estimate of drug-likeness (QED) is 0.490. The van der Waals surface area contributed by atoms with Crippen LogP contribution in [0.4, 0.5) is 5.13 Å². The van der Waals surface area contributed by atoms with Gasteiger partial charge in [0.2, 0.25) is 0 Å². The first-order valence-electron chi connectivity index (χ1n) is 9.64. The van der Waals surface area contributed by atoms with Gasteiger partial charge in [-0.05, 0) is 37.3 Å². The molecule has 0 bridgehead atoms. The number of carbonyl (C=O) groups is 1. The predicted octanol–water partition coefficient (Wildman–Crippen LogP) is 4.27. The minimum absolute atomic E-state index is 0.0245. The van der Waals surface area contributed by atoms with Gasteiger partial charge in [0.25, 0.3) is 5.91 Å². The van der Waals surface area contributed by atoms with Crippen molar-refractivity contribution in [2.24, 2.45) is 0 Å². The van der Waals surface area contributed by atoms with Gasteiger partial charge in [-0.2, -0.15) is 0 Å². The van der Waals surface area contributed by atoms with Crippen molar-refractivity contribution in [1.29, 1.82) is 0 Å². The Kier molecular flexibility index (Phi) is 4.81. The lowest BCUT2D eigenvalue weighted by atomic mass is 10.3. The molecule has 6 nitrogen and oxygen atoms in total. The minimum Gasteiger partial charge on any atom is -0.494 e. The molecular formula is C21H20N4O2S2. The zero-order chi connectivity index (χ0) is 19.8. The van der Waals surface area contributed by atoms with Crippen molar-refractivity contribution in [3.8, 4) is 5.75 Å². The fourth-order valence-corrected chi connectivity index (χ4v) is 5.46. The molecule has 0 unspecified atom stereocenters. The van der Waals surface area contributed by atoms with Gasteiger partial charge in [0.15, 0.2) is 10.1 Å². The third kappa shape index (κ3) is 3.54. The molecule has 0 N–H and O–H groups in total. The molecule has 3 heterocycles. The summed E-state index contributed by atoms with van der Waals surface area (Å²) in [5.41, 5.74) is 1.88. The summed E-state index contributed by atoms with van der Waals surface area (Å²) >= 11 is 3.14. The summed E-state index contributed by atoms with van der Waals surface area (Å²) in [6.45, 7) is 5.53. The van der Waals surface area contributed by atoms with Crippen molar-refractivity contribution in [2.75, 3.05) is 37.7 Å². The number of para-hydroxylation sites is 1. The SMILES string of the molecule is CCOc1ccc2nc(N3CCN(C(=O)c4nc5ccccc5s4)CC3)sc2c1. The van der Waals surface area contributed by atoms with Gasteiger partial charge in [0.1, 0.15) is 5.75 Å². The summed E-state index contributed by atoms with van der Waals surface area (Å²) < 4.78 is 7.76. The van der Waals surface area contributed by atoms with Gasteiger partial charge in [-0.1, -0.05) is 23.5 Å². The van der Waals surface area contributed by atoms with E-state index >= 15 is 0 Å². The van der Waals surface area contributed by atoms with Gasteiger partial charge in [0.05, 0.1) is 27.0 Å². The minimum atomic E-state index is 0.0245. The van der Waals surface area contributed by atoms with E-state index in [-0.39, 0.29) is 5.91 Å².